The van der Waals surface area contributed by atoms with Gasteiger partial charge in [-0.15, -0.1) is 0 Å². The maximum atomic E-state index is 13.5. The van der Waals surface area contributed by atoms with Gasteiger partial charge in [0, 0.05) is 12.0 Å². The zero-order chi connectivity index (χ0) is 26.8. The van der Waals surface area contributed by atoms with Gasteiger partial charge < -0.3 is 20.3 Å². The third kappa shape index (κ3) is 8.54. The fraction of sp³-hybridized carbons (Fsp3) is 0.630. The maximum absolute atomic E-state index is 13.5. The van der Waals surface area contributed by atoms with E-state index in [1.54, 1.807) is 16.7 Å². The lowest BCUT2D eigenvalue weighted by atomic mass is 9.94. The molecule has 1 fully saturated rings. The number of likely N-dealkylation sites (tertiary alicyclic amines) is 1. The fourth-order valence-electron chi connectivity index (χ4n) is 4.30. The van der Waals surface area contributed by atoms with Gasteiger partial charge in [0.2, 0.25) is 11.8 Å². The Morgan fingerprint density at radius 3 is 2.39 bits per heavy atom. The van der Waals surface area contributed by atoms with Gasteiger partial charge in [0.15, 0.2) is 5.78 Å². The molecule has 0 bridgehead atoms. The van der Waals surface area contributed by atoms with Gasteiger partial charge in [0.1, 0.15) is 12.1 Å². The van der Waals surface area contributed by atoms with Crippen LogP contribution in [0.15, 0.2) is 30.3 Å². The summed E-state index contributed by atoms with van der Waals surface area (Å²) in [6.07, 6.45) is 2.50. The second kappa shape index (κ2) is 14.3. The quantitative estimate of drug-likeness (QED) is 0.414. The van der Waals surface area contributed by atoms with Gasteiger partial charge in [-0.05, 0) is 49.7 Å². The highest BCUT2D eigenvalue weighted by atomic mass is 32.2. The van der Waals surface area contributed by atoms with E-state index in [0.717, 1.165) is 5.56 Å². The average molecular weight is 520 g/mol. The van der Waals surface area contributed by atoms with Gasteiger partial charge in [-0.1, -0.05) is 58.0 Å². The summed E-state index contributed by atoms with van der Waals surface area (Å²) in [5, 5.41) is 5.48. The molecule has 8 nitrogen and oxygen atoms in total. The number of benzene rings is 1. The molecule has 36 heavy (non-hydrogen) atoms. The summed E-state index contributed by atoms with van der Waals surface area (Å²) >= 11 is 1.56. The Bertz CT molecular complexity index is 893. The van der Waals surface area contributed by atoms with E-state index in [4.69, 9.17) is 4.74 Å². The summed E-state index contributed by atoms with van der Waals surface area (Å²) in [6.45, 7) is 9.69. The Kier molecular flexibility index (Phi) is 11.8. The van der Waals surface area contributed by atoms with Gasteiger partial charge in [0.05, 0.1) is 12.6 Å². The summed E-state index contributed by atoms with van der Waals surface area (Å²) in [6, 6.07) is 7.26. The van der Waals surface area contributed by atoms with Crippen LogP contribution in [0.1, 0.15) is 53.0 Å². The van der Waals surface area contributed by atoms with E-state index >= 15 is 0 Å². The lowest BCUT2D eigenvalue weighted by Crippen LogP contribution is -2.53. The van der Waals surface area contributed by atoms with Crippen LogP contribution in [0.2, 0.25) is 0 Å². The van der Waals surface area contributed by atoms with Crippen LogP contribution in [-0.2, 0) is 25.5 Å². The molecule has 0 aliphatic carbocycles. The van der Waals surface area contributed by atoms with Crippen LogP contribution in [-0.4, -0.2) is 71.4 Å². The van der Waals surface area contributed by atoms with Gasteiger partial charge in [0.25, 0.3) is 0 Å². The van der Waals surface area contributed by atoms with Crippen LogP contribution in [0.25, 0.3) is 0 Å². The van der Waals surface area contributed by atoms with Crippen molar-refractivity contribution in [1.29, 1.82) is 0 Å². The number of Topliss-reactive ketones (excluding diaryl/α,β-unsaturated/α-hetero) is 1. The SMILES string of the molecule is CSCC[C@@H](NC(=O)OCC(C)C)C(=O)N[C@@H]1CC(C)N([C@H](Cc2ccccc2)C(=O)C(C)C)C1=O. The average Bonchev–Trinajstić information content (AvgIpc) is 3.11. The van der Waals surface area contributed by atoms with Crippen molar-refractivity contribution in [3.63, 3.8) is 0 Å². The third-order valence-electron chi connectivity index (χ3n) is 6.19. The second-order valence-corrected chi connectivity index (χ2v) is 11.1. The molecular weight excluding hydrogens is 478 g/mol. The van der Waals surface area contributed by atoms with E-state index in [1.807, 2.05) is 71.2 Å². The van der Waals surface area contributed by atoms with Crippen LogP contribution >= 0.6 is 11.8 Å². The summed E-state index contributed by atoms with van der Waals surface area (Å²) in [4.78, 5) is 53.6. The largest absolute Gasteiger partial charge is 0.449 e. The predicted molar refractivity (Wildman–Crippen MR) is 143 cm³/mol. The number of ether oxygens (including phenoxy) is 1. The number of hydrogen-bond donors (Lipinski definition) is 2. The minimum absolute atomic E-state index is 0.00144. The van der Waals surface area contributed by atoms with Crippen molar-refractivity contribution in [2.45, 2.75) is 78.0 Å². The normalized spacial score (nSPS) is 19.3. The van der Waals surface area contributed by atoms with E-state index in [0.29, 0.717) is 25.0 Å². The summed E-state index contributed by atoms with van der Waals surface area (Å²) in [5.41, 5.74) is 0.977. The number of hydrogen-bond acceptors (Lipinski definition) is 6. The van der Waals surface area contributed by atoms with Crippen LogP contribution < -0.4 is 10.6 Å². The lowest BCUT2D eigenvalue weighted by molar-refractivity contribution is -0.141. The molecule has 2 N–H and O–H groups in total. The molecule has 3 amide bonds. The highest BCUT2D eigenvalue weighted by molar-refractivity contribution is 7.98. The molecule has 0 spiro atoms. The predicted octanol–water partition coefficient (Wildman–Crippen LogP) is 3.43. The van der Waals surface area contributed by atoms with Crippen molar-refractivity contribution in [2.24, 2.45) is 11.8 Å². The second-order valence-electron chi connectivity index (χ2n) is 10.1. The molecule has 4 atom stereocenters. The lowest BCUT2D eigenvalue weighted by Gasteiger charge is -2.32. The standard InChI is InChI=1S/C27H41N3O5S/c1-17(2)16-35-27(34)29-21(12-13-36-6)25(32)28-22-14-19(5)30(26(22)33)23(24(31)18(3)4)15-20-10-8-7-9-11-20/h7-11,17-19,21-23H,12-16H2,1-6H3,(H,28,32)(H,29,34)/t19?,21-,22-,23-/m1/s1. The number of ketones is 1. The number of nitrogens with zero attached hydrogens (tertiary/aromatic N) is 1. The van der Waals surface area contributed by atoms with E-state index in [9.17, 15) is 19.2 Å². The summed E-state index contributed by atoms with van der Waals surface area (Å²) in [5.74, 6) is -0.0892. The van der Waals surface area contributed by atoms with Crippen LogP contribution in [0.3, 0.4) is 0 Å². The Morgan fingerprint density at radius 2 is 1.81 bits per heavy atom. The molecule has 0 radical (unpaired) electrons. The van der Waals surface area contributed by atoms with Crippen LogP contribution in [0, 0.1) is 11.8 Å². The van der Waals surface area contributed by atoms with Crippen LogP contribution in [0.5, 0.6) is 0 Å². The summed E-state index contributed by atoms with van der Waals surface area (Å²) in [7, 11) is 0. The van der Waals surface area contributed by atoms with Crippen molar-refractivity contribution >= 4 is 35.5 Å². The molecule has 1 unspecified atom stereocenters. The Morgan fingerprint density at radius 1 is 1.14 bits per heavy atom. The molecule has 1 aliphatic heterocycles. The highest BCUT2D eigenvalue weighted by Gasteiger charge is 2.44. The van der Waals surface area contributed by atoms with E-state index in [2.05, 4.69) is 10.6 Å². The van der Waals surface area contributed by atoms with Crippen LogP contribution in [0.4, 0.5) is 4.79 Å². The molecular formula is C27H41N3O5S. The summed E-state index contributed by atoms with van der Waals surface area (Å²) < 4.78 is 5.18. The number of amides is 3. The highest BCUT2D eigenvalue weighted by Crippen LogP contribution is 2.26. The molecule has 1 aromatic carbocycles. The first-order valence-electron chi connectivity index (χ1n) is 12.7. The van der Waals surface area contributed by atoms with Crippen molar-refractivity contribution in [1.82, 2.24) is 15.5 Å². The molecule has 9 heteroatoms. The molecule has 200 valence electrons. The van der Waals surface area contributed by atoms with Crippen molar-refractivity contribution in [3.05, 3.63) is 35.9 Å². The zero-order valence-corrected chi connectivity index (χ0v) is 23.1. The minimum Gasteiger partial charge on any atom is -0.449 e. The Balaban J connectivity index is 2.14. The van der Waals surface area contributed by atoms with E-state index in [-0.39, 0.29) is 36.2 Å². The number of carbonyl (C=O) groups excluding carboxylic acids is 4. The van der Waals surface area contributed by atoms with Gasteiger partial charge in [-0.25, -0.2) is 4.79 Å². The molecule has 2 rings (SSSR count). The molecule has 0 saturated carbocycles. The van der Waals surface area contributed by atoms with Gasteiger partial charge >= 0.3 is 6.09 Å². The number of nitrogens with one attached hydrogen (secondary N) is 2. The number of rotatable bonds is 13. The van der Waals surface area contributed by atoms with E-state index < -0.39 is 30.1 Å². The number of carbonyl (C=O) groups is 4. The molecule has 1 saturated heterocycles. The monoisotopic (exact) mass is 519 g/mol. The first-order chi connectivity index (χ1) is 17.0. The molecule has 1 aromatic rings. The smallest absolute Gasteiger partial charge is 0.407 e. The van der Waals surface area contributed by atoms with Crippen molar-refractivity contribution in [3.8, 4) is 0 Å². The molecule has 1 heterocycles. The fourth-order valence-corrected chi connectivity index (χ4v) is 4.77. The maximum Gasteiger partial charge on any atom is 0.407 e. The first-order valence-corrected chi connectivity index (χ1v) is 14.1. The molecule has 0 aromatic heterocycles. The Hall–Kier alpha value is -2.55. The van der Waals surface area contributed by atoms with Gasteiger partial charge in [-0.3, -0.25) is 14.4 Å². The third-order valence-corrected chi connectivity index (χ3v) is 6.84. The molecule has 1 aliphatic rings. The van der Waals surface area contributed by atoms with Crippen molar-refractivity contribution < 1.29 is 23.9 Å². The topological polar surface area (TPSA) is 105 Å². The Labute approximate surface area is 219 Å². The zero-order valence-electron chi connectivity index (χ0n) is 22.3. The number of thioether (sulfide) groups is 1. The number of alkyl carbamates (subject to hydrolysis) is 1. The van der Waals surface area contributed by atoms with Crippen molar-refractivity contribution in [2.75, 3.05) is 18.6 Å². The first kappa shape index (κ1) is 29.7. The van der Waals surface area contributed by atoms with Gasteiger partial charge in [-0.2, -0.15) is 11.8 Å². The minimum atomic E-state index is -0.813. The van der Waals surface area contributed by atoms with E-state index in [1.165, 1.54) is 0 Å².